The van der Waals surface area contributed by atoms with Gasteiger partial charge in [-0.25, -0.2) is 0 Å². The van der Waals surface area contributed by atoms with Gasteiger partial charge in [-0.15, -0.1) is 11.8 Å². The lowest BCUT2D eigenvalue weighted by Gasteiger charge is -2.18. The van der Waals surface area contributed by atoms with Crippen molar-refractivity contribution in [2.75, 3.05) is 26.1 Å². The number of rotatable bonds is 3. The van der Waals surface area contributed by atoms with Crippen molar-refractivity contribution >= 4 is 27.7 Å². The maximum absolute atomic E-state index is 5.70. The van der Waals surface area contributed by atoms with Crippen molar-refractivity contribution in [1.29, 1.82) is 0 Å². The van der Waals surface area contributed by atoms with E-state index < -0.39 is 0 Å². The van der Waals surface area contributed by atoms with Crippen LogP contribution in [0.4, 0.5) is 0 Å². The van der Waals surface area contributed by atoms with Crippen molar-refractivity contribution in [2.45, 2.75) is 17.7 Å². The lowest BCUT2D eigenvalue weighted by atomic mass is 10.00. The van der Waals surface area contributed by atoms with Crippen LogP contribution in [-0.4, -0.2) is 26.1 Å². The molecule has 0 saturated heterocycles. The van der Waals surface area contributed by atoms with Crippen LogP contribution in [0.5, 0.6) is 17.2 Å². The molecule has 0 aromatic heterocycles. The van der Waals surface area contributed by atoms with Crippen LogP contribution in [0.25, 0.3) is 0 Å². The largest absolute Gasteiger partial charge is 0.496 e. The second kappa shape index (κ2) is 6.29. The first-order chi connectivity index (χ1) is 11.3. The minimum atomic E-state index is 0.723. The predicted octanol–water partition coefficient (Wildman–Crippen LogP) is 4.47. The Labute approximate surface area is 148 Å². The van der Waals surface area contributed by atoms with Crippen LogP contribution in [0.2, 0.25) is 0 Å². The van der Waals surface area contributed by atoms with Gasteiger partial charge in [0.1, 0.15) is 17.2 Å². The van der Waals surface area contributed by atoms with Gasteiger partial charge in [-0.2, -0.15) is 0 Å². The molecule has 0 fully saturated rings. The van der Waals surface area contributed by atoms with Gasteiger partial charge in [-0.1, -0.05) is 6.07 Å². The molecule has 5 heteroatoms. The minimum Gasteiger partial charge on any atom is -0.496 e. The third kappa shape index (κ3) is 2.81. The Morgan fingerprint density at radius 2 is 2.13 bits per heavy atom. The van der Waals surface area contributed by atoms with Crippen molar-refractivity contribution in [3.05, 3.63) is 45.4 Å². The first-order valence-electron chi connectivity index (χ1n) is 7.66. The zero-order valence-corrected chi connectivity index (χ0v) is 15.3. The van der Waals surface area contributed by atoms with Crippen molar-refractivity contribution in [3.8, 4) is 17.2 Å². The van der Waals surface area contributed by atoms with E-state index in [0.29, 0.717) is 0 Å². The maximum atomic E-state index is 5.70. The fraction of sp³-hybridized carbons (Fsp3) is 0.333. The van der Waals surface area contributed by atoms with Gasteiger partial charge in [-0.3, -0.25) is 0 Å². The molecule has 2 aliphatic rings. The summed E-state index contributed by atoms with van der Waals surface area (Å²) in [5.74, 6) is 3.91. The molecule has 4 rings (SSSR count). The van der Waals surface area contributed by atoms with Crippen LogP contribution < -0.4 is 14.2 Å². The van der Waals surface area contributed by atoms with Gasteiger partial charge < -0.3 is 14.2 Å². The molecule has 0 unspecified atom stereocenters. The summed E-state index contributed by atoms with van der Waals surface area (Å²) in [6, 6.07) is 8.57. The van der Waals surface area contributed by atoms with Crippen LogP contribution in [0.3, 0.4) is 0 Å². The summed E-state index contributed by atoms with van der Waals surface area (Å²) in [5.41, 5.74) is 3.63. The summed E-state index contributed by atoms with van der Waals surface area (Å²) in [7, 11) is 1.74. The molecule has 0 saturated carbocycles. The van der Waals surface area contributed by atoms with Gasteiger partial charge >= 0.3 is 0 Å². The van der Waals surface area contributed by atoms with Gasteiger partial charge in [0.25, 0.3) is 0 Å². The van der Waals surface area contributed by atoms with E-state index in [1.807, 2.05) is 11.8 Å². The zero-order valence-electron chi connectivity index (χ0n) is 12.9. The topological polar surface area (TPSA) is 27.7 Å². The monoisotopic (exact) mass is 392 g/mol. The Hall–Kier alpha value is -1.33. The van der Waals surface area contributed by atoms with Crippen molar-refractivity contribution in [2.24, 2.45) is 0 Å². The zero-order chi connectivity index (χ0) is 15.8. The quantitative estimate of drug-likeness (QED) is 0.769. The molecule has 0 radical (unpaired) electrons. The highest BCUT2D eigenvalue weighted by Crippen LogP contribution is 2.43. The number of ether oxygens (including phenoxy) is 3. The van der Waals surface area contributed by atoms with Crippen molar-refractivity contribution in [1.82, 2.24) is 0 Å². The third-order valence-electron chi connectivity index (χ3n) is 4.16. The van der Waals surface area contributed by atoms with Gasteiger partial charge in [-0.05, 0) is 39.7 Å². The molecule has 0 N–H and O–H groups in total. The molecule has 120 valence electrons. The molecule has 2 aromatic rings. The van der Waals surface area contributed by atoms with E-state index in [4.69, 9.17) is 14.2 Å². The van der Waals surface area contributed by atoms with Crippen LogP contribution in [0, 0.1) is 0 Å². The number of thioether (sulfide) groups is 1. The first kappa shape index (κ1) is 15.2. The van der Waals surface area contributed by atoms with Crippen LogP contribution in [0.15, 0.2) is 33.6 Å². The normalized spacial score (nSPS) is 15.4. The Bertz CT molecular complexity index is 760. The summed E-state index contributed by atoms with van der Waals surface area (Å²) in [5, 5.41) is 0. The number of benzene rings is 2. The standard InChI is InChI=1S/C18H17BrO3S/c1-20-17-12(10-14(19)18-13(17)4-5-22-18)8-11-2-3-15-16(9-11)23-7-6-21-15/h2-3,9-10H,4-8H2,1H3. The molecule has 0 spiro atoms. The predicted molar refractivity (Wildman–Crippen MR) is 95.4 cm³/mol. The summed E-state index contributed by atoms with van der Waals surface area (Å²) < 4.78 is 18.1. The van der Waals surface area contributed by atoms with Crippen molar-refractivity contribution < 1.29 is 14.2 Å². The highest BCUT2D eigenvalue weighted by molar-refractivity contribution is 9.10. The molecule has 3 nitrogen and oxygen atoms in total. The maximum Gasteiger partial charge on any atom is 0.140 e. The summed E-state index contributed by atoms with van der Waals surface area (Å²) in [6.45, 7) is 1.52. The third-order valence-corrected chi connectivity index (χ3v) is 5.75. The highest BCUT2D eigenvalue weighted by Gasteiger charge is 2.23. The molecule has 0 amide bonds. The SMILES string of the molecule is COc1c(Cc2ccc3c(c2)SCCO3)cc(Br)c2c1CCO2. The van der Waals surface area contributed by atoms with E-state index in [1.165, 1.54) is 21.6 Å². The second-order valence-corrected chi connectivity index (χ2v) is 7.60. The van der Waals surface area contributed by atoms with Crippen molar-refractivity contribution in [3.63, 3.8) is 0 Å². The van der Waals surface area contributed by atoms with Gasteiger partial charge in [0.05, 0.1) is 24.8 Å². The molecule has 0 bridgehead atoms. The molecule has 23 heavy (non-hydrogen) atoms. The highest BCUT2D eigenvalue weighted by atomic mass is 79.9. The first-order valence-corrected chi connectivity index (χ1v) is 9.43. The Morgan fingerprint density at radius 1 is 1.22 bits per heavy atom. The number of hydrogen-bond donors (Lipinski definition) is 0. The summed E-state index contributed by atoms with van der Waals surface area (Å²) >= 11 is 5.49. The van der Waals surface area contributed by atoms with Crippen LogP contribution >= 0.6 is 27.7 Å². The fourth-order valence-corrected chi connectivity index (χ4v) is 4.69. The molecular weight excluding hydrogens is 376 g/mol. The van der Waals surface area contributed by atoms with Crippen LogP contribution in [0.1, 0.15) is 16.7 Å². The van der Waals surface area contributed by atoms with Crippen LogP contribution in [-0.2, 0) is 12.8 Å². The van der Waals surface area contributed by atoms with E-state index >= 15 is 0 Å². The molecular formula is C18H17BrO3S. The summed E-state index contributed by atoms with van der Waals surface area (Å²) in [4.78, 5) is 1.23. The molecule has 2 aromatic carbocycles. The summed E-state index contributed by atoms with van der Waals surface area (Å²) in [6.07, 6.45) is 1.74. The van der Waals surface area contributed by atoms with Gasteiger partial charge in [0.15, 0.2) is 0 Å². The Kier molecular flexibility index (Phi) is 4.16. The van der Waals surface area contributed by atoms with Gasteiger partial charge in [0.2, 0.25) is 0 Å². The molecule has 2 aliphatic heterocycles. The molecule has 0 aliphatic carbocycles. The lowest BCUT2D eigenvalue weighted by Crippen LogP contribution is -2.06. The van der Waals surface area contributed by atoms with E-state index in [2.05, 4.69) is 40.2 Å². The molecule has 2 heterocycles. The fourth-order valence-electron chi connectivity index (χ4n) is 3.17. The van der Waals surface area contributed by atoms with Gasteiger partial charge in [0, 0.05) is 34.6 Å². The molecule has 0 atom stereocenters. The van der Waals surface area contributed by atoms with E-state index in [-0.39, 0.29) is 0 Å². The van der Waals surface area contributed by atoms with E-state index in [0.717, 1.165) is 53.5 Å². The Balaban J connectivity index is 1.70. The van der Waals surface area contributed by atoms with E-state index in [1.54, 1.807) is 7.11 Å². The average molecular weight is 393 g/mol. The lowest BCUT2D eigenvalue weighted by molar-refractivity contribution is 0.330. The minimum absolute atomic E-state index is 0.723. The smallest absolute Gasteiger partial charge is 0.140 e. The second-order valence-electron chi connectivity index (χ2n) is 5.61. The number of halogens is 1. The number of methoxy groups -OCH3 is 1. The number of hydrogen-bond acceptors (Lipinski definition) is 4. The number of fused-ring (bicyclic) bond motifs is 2. The van der Waals surface area contributed by atoms with E-state index in [9.17, 15) is 0 Å². The Morgan fingerprint density at radius 3 is 3.00 bits per heavy atom. The average Bonchev–Trinajstić information content (AvgIpc) is 3.05.